The fraction of sp³-hybridized carbons (Fsp3) is 0.812. The third kappa shape index (κ3) is 4.07. The maximum Gasteiger partial charge on any atom is 0.122 e. The summed E-state index contributed by atoms with van der Waals surface area (Å²) >= 11 is 0. The van der Waals surface area contributed by atoms with Crippen LogP contribution in [-0.4, -0.2) is 16.0 Å². The molecule has 1 fully saturated rings. The van der Waals surface area contributed by atoms with E-state index in [-0.39, 0.29) is 0 Å². The van der Waals surface area contributed by atoms with Gasteiger partial charge in [-0.05, 0) is 43.9 Å². The Kier molecular flexibility index (Phi) is 4.67. The van der Waals surface area contributed by atoms with Crippen LogP contribution < -0.4 is 5.32 Å². The van der Waals surface area contributed by atoms with Gasteiger partial charge in [-0.3, -0.25) is 0 Å². The Morgan fingerprint density at radius 1 is 1.26 bits per heavy atom. The summed E-state index contributed by atoms with van der Waals surface area (Å²) in [5, 5.41) is 3.74. The molecule has 0 aliphatic heterocycles. The van der Waals surface area contributed by atoms with Gasteiger partial charge in [0.05, 0.1) is 6.04 Å². The van der Waals surface area contributed by atoms with Gasteiger partial charge in [-0.25, -0.2) is 4.98 Å². The maximum atomic E-state index is 4.34. The minimum absolute atomic E-state index is 0.325. The van der Waals surface area contributed by atoms with Crippen molar-refractivity contribution in [1.29, 1.82) is 0 Å². The fourth-order valence-corrected chi connectivity index (χ4v) is 3.28. The monoisotopic (exact) mass is 263 g/mol. The molecule has 0 spiro atoms. The molecule has 3 heteroatoms. The lowest BCUT2D eigenvalue weighted by Gasteiger charge is -2.30. The second-order valence-electron chi connectivity index (χ2n) is 7.13. The Bertz CT molecular complexity index is 364. The molecule has 1 heterocycles. The van der Waals surface area contributed by atoms with Gasteiger partial charge < -0.3 is 10.3 Å². The first-order valence-electron chi connectivity index (χ1n) is 7.72. The summed E-state index contributed by atoms with van der Waals surface area (Å²) in [4.78, 5) is 7.54. The Labute approximate surface area is 117 Å². The molecule has 1 aromatic heterocycles. The molecular formula is C16H29N3. The van der Waals surface area contributed by atoms with Crippen LogP contribution in [0, 0.1) is 11.3 Å². The normalized spacial score (nSPS) is 26.9. The summed E-state index contributed by atoms with van der Waals surface area (Å²) in [6.07, 6.45) is 10.4. The van der Waals surface area contributed by atoms with Crippen molar-refractivity contribution in [2.45, 2.75) is 71.9 Å². The van der Waals surface area contributed by atoms with Crippen molar-refractivity contribution >= 4 is 0 Å². The Morgan fingerprint density at radius 2 is 2.05 bits per heavy atom. The van der Waals surface area contributed by atoms with E-state index < -0.39 is 0 Å². The first-order chi connectivity index (χ1) is 8.97. The van der Waals surface area contributed by atoms with Crippen molar-refractivity contribution in [2.24, 2.45) is 11.3 Å². The summed E-state index contributed by atoms with van der Waals surface area (Å²) in [6, 6.07) is 0.971. The molecule has 19 heavy (non-hydrogen) atoms. The zero-order valence-electron chi connectivity index (χ0n) is 12.9. The minimum atomic E-state index is 0.325. The highest BCUT2D eigenvalue weighted by Crippen LogP contribution is 2.37. The van der Waals surface area contributed by atoms with Crippen LogP contribution in [0.1, 0.15) is 71.7 Å². The lowest BCUT2D eigenvalue weighted by Crippen LogP contribution is -2.32. The quantitative estimate of drug-likeness (QED) is 0.808. The van der Waals surface area contributed by atoms with E-state index in [1.54, 1.807) is 0 Å². The van der Waals surface area contributed by atoms with Crippen molar-refractivity contribution in [2.75, 3.05) is 0 Å². The lowest BCUT2D eigenvalue weighted by molar-refractivity contribution is 0.213. The van der Waals surface area contributed by atoms with E-state index in [0.717, 1.165) is 11.7 Å². The molecule has 1 aliphatic carbocycles. The molecule has 3 nitrogen and oxygen atoms in total. The number of hydrogen-bond donors (Lipinski definition) is 2. The molecule has 108 valence electrons. The van der Waals surface area contributed by atoms with Gasteiger partial charge in [-0.2, -0.15) is 0 Å². The first kappa shape index (κ1) is 14.6. The van der Waals surface area contributed by atoms with Gasteiger partial charge in [-0.1, -0.05) is 27.2 Å². The van der Waals surface area contributed by atoms with Crippen LogP contribution in [0.3, 0.4) is 0 Å². The van der Waals surface area contributed by atoms with Gasteiger partial charge in [0, 0.05) is 18.4 Å². The molecular weight excluding hydrogens is 234 g/mol. The van der Waals surface area contributed by atoms with Crippen LogP contribution in [0.5, 0.6) is 0 Å². The molecule has 2 N–H and O–H groups in total. The molecule has 2 rings (SSSR count). The lowest BCUT2D eigenvalue weighted by atomic mass is 9.76. The van der Waals surface area contributed by atoms with Crippen LogP contribution >= 0.6 is 0 Å². The molecule has 0 aromatic carbocycles. The summed E-state index contributed by atoms with van der Waals surface area (Å²) in [7, 11) is 0. The van der Waals surface area contributed by atoms with E-state index in [2.05, 4.69) is 43.0 Å². The highest BCUT2D eigenvalue weighted by molar-refractivity contribution is 4.95. The molecule has 0 amide bonds. The van der Waals surface area contributed by atoms with Crippen LogP contribution in [0.2, 0.25) is 0 Å². The number of aromatic nitrogens is 2. The summed E-state index contributed by atoms with van der Waals surface area (Å²) in [6.45, 7) is 9.36. The summed E-state index contributed by atoms with van der Waals surface area (Å²) < 4.78 is 0. The second-order valence-corrected chi connectivity index (χ2v) is 7.13. The third-order valence-electron chi connectivity index (χ3n) is 4.61. The van der Waals surface area contributed by atoms with E-state index in [4.69, 9.17) is 0 Å². The SMILES string of the molecule is CC(NC1CCCC(C(C)(C)C)CC1)c1ncc[nH]1. The zero-order valence-corrected chi connectivity index (χ0v) is 12.9. The van der Waals surface area contributed by atoms with Crippen molar-refractivity contribution in [3.63, 3.8) is 0 Å². The number of nitrogens with zero attached hydrogens (tertiary/aromatic N) is 1. The van der Waals surface area contributed by atoms with Crippen molar-refractivity contribution in [3.8, 4) is 0 Å². The minimum Gasteiger partial charge on any atom is -0.347 e. The Morgan fingerprint density at radius 3 is 2.68 bits per heavy atom. The number of nitrogens with one attached hydrogen (secondary N) is 2. The number of hydrogen-bond acceptors (Lipinski definition) is 2. The first-order valence-corrected chi connectivity index (χ1v) is 7.72. The van der Waals surface area contributed by atoms with Gasteiger partial charge in [0.1, 0.15) is 5.82 Å². The molecule has 0 saturated heterocycles. The summed E-state index contributed by atoms with van der Waals surface area (Å²) in [5.41, 5.74) is 0.460. The molecule has 1 saturated carbocycles. The van der Waals surface area contributed by atoms with Crippen LogP contribution in [-0.2, 0) is 0 Å². The highest BCUT2D eigenvalue weighted by atomic mass is 15.0. The highest BCUT2D eigenvalue weighted by Gasteiger charge is 2.28. The summed E-state index contributed by atoms with van der Waals surface area (Å²) in [5.74, 6) is 1.93. The number of rotatable bonds is 3. The van der Waals surface area contributed by atoms with Crippen molar-refractivity contribution in [1.82, 2.24) is 15.3 Å². The van der Waals surface area contributed by atoms with Crippen LogP contribution in [0.25, 0.3) is 0 Å². The third-order valence-corrected chi connectivity index (χ3v) is 4.61. The van der Waals surface area contributed by atoms with Crippen LogP contribution in [0.4, 0.5) is 0 Å². The standard InChI is InChI=1S/C16H29N3/c1-12(15-17-10-11-18-15)19-14-7-5-6-13(8-9-14)16(2,3)4/h10-14,19H,5-9H2,1-4H3,(H,17,18). The van der Waals surface area contributed by atoms with E-state index in [1.807, 2.05) is 12.4 Å². The molecule has 3 atom stereocenters. The smallest absolute Gasteiger partial charge is 0.122 e. The number of aromatic amines is 1. The van der Waals surface area contributed by atoms with Gasteiger partial charge in [0.25, 0.3) is 0 Å². The second kappa shape index (κ2) is 6.08. The Hall–Kier alpha value is -0.830. The maximum absolute atomic E-state index is 4.34. The molecule has 3 unspecified atom stereocenters. The van der Waals surface area contributed by atoms with Gasteiger partial charge >= 0.3 is 0 Å². The van der Waals surface area contributed by atoms with E-state index in [1.165, 1.54) is 32.1 Å². The largest absolute Gasteiger partial charge is 0.347 e. The van der Waals surface area contributed by atoms with E-state index in [9.17, 15) is 0 Å². The predicted octanol–water partition coefficient (Wildman–Crippen LogP) is 4.06. The van der Waals surface area contributed by atoms with Crippen LogP contribution in [0.15, 0.2) is 12.4 Å². The van der Waals surface area contributed by atoms with Gasteiger partial charge in [0.2, 0.25) is 0 Å². The van der Waals surface area contributed by atoms with Gasteiger partial charge in [-0.15, -0.1) is 0 Å². The van der Waals surface area contributed by atoms with Gasteiger partial charge in [0.15, 0.2) is 0 Å². The molecule has 0 bridgehead atoms. The zero-order chi connectivity index (χ0) is 13.9. The van der Waals surface area contributed by atoms with E-state index >= 15 is 0 Å². The van der Waals surface area contributed by atoms with E-state index in [0.29, 0.717) is 17.5 Å². The molecule has 1 aromatic rings. The molecule has 1 aliphatic rings. The molecule has 0 radical (unpaired) electrons. The average molecular weight is 263 g/mol. The van der Waals surface area contributed by atoms with Crippen molar-refractivity contribution in [3.05, 3.63) is 18.2 Å². The number of imidazole rings is 1. The topological polar surface area (TPSA) is 40.7 Å². The average Bonchev–Trinajstić information content (AvgIpc) is 2.75. The number of H-pyrrole nitrogens is 1. The predicted molar refractivity (Wildman–Crippen MR) is 80.0 cm³/mol. The fourth-order valence-electron chi connectivity index (χ4n) is 3.28. The van der Waals surface area contributed by atoms with Crippen molar-refractivity contribution < 1.29 is 0 Å². The Balaban J connectivity index is 1.86.